The van der Waals surface area contributed by atoms with Crippen molar-refractivity contribution in [3.05, 3.63) is 59.2 Å². The molecule has 2 aromatic carbocycles. The molecular weight excluding hydrogens is 321 g/mol. The van der Waals surface area contributed by atoms with Crippen molar-refractivity contribution in [3.63, 3.8) is 0 Å². The minimum absolute atomic E-state index is 0.0730. The van der Waals surface area contributed by atoms with Crippen molar-refractivity contribution in [2.75, 3.05) is 14.2 Å². The molecule has 0 aliphatic carbocycles. The largest absolute Gasteiger partial charge is 0.494 e. The van der Waals surface area contributed by atoms with Crippen LogP contribution in [0.15, 0.2) is 36.4 Å². The number of hydrogen-bond donors (Lipinski definition) is 0. The molecule has 6 heteroatoms. The zero-order valence-corrected chi connectivity index (χ0v) is 12.8. The molecule has 0 spiro atoms. The molecule has 0 N–H and O–H groups in total. The van der Waals surface area contributed by atoms with E-state index in [1.165, 1.54) is 38.5 Å². The molecule has 0 amide bonds. The normalized spacial score (nSPS) is 11.3. The van der Waals surface area contributed by atoms with Gasteiger partial charge >= 0.3 is 0 Å². The summed E-state index contributed by atoms with van der Waals surface area (Å²) in [5.74, 6) is -1.06. The molecule has 0 radical (unpaired) electrons. The standard InChI is InChI=1S/C15H12Cl2F2O2/c1-20-13-5-3-9(7-11(13)18)15(16,17)10-4-6-14(21-2)12(19)8-10/h3-8H,1-2H3. The summed E-state index contributed by atoms with van der Waals surface area (Å²) in [6, 6.07) is 8.16. The van der Waals surface area contributed by atoms with Gasteiger partial charge in [-0.1, -0.05) is 35.3 Å². The van der Waals surface area contributed by atoms with E-state index in [1.807, 2.05) is 0 Å². The summed E-state index contributed by atoms with van der Waals surface area (Å²) in [4.78, 5) is 0. The van der Waals surface area contributed by atoms with Crippen molar-refractivity contribution >= 4 is 23.2 Å². The summed E-state index contributed by atoms with van der Waals surface area (Å²) in [7, 11) is 2.71. The highest BCUT2D eigenvalue weighted by Gasteiger charge is 2.31. The van der Waals surface area contributed by atoms with E-state index in [0.717, 1.165) is 12.1 Å². The molecule has 112 valence electrons. The Bertz CT molecular complexity index is 605. The van der Waals surface area contributed by atoms with E-state index < -0.39 is 16.0 Å². The Balaban J connectivity index is 2.45. The van der Waals surface area contributed by atoms with Crippen molar-refractivity contribution in [2.24, 2.45) is 0 Å². The van der Waals surface area contributed by atoms with Crippen LogP contribution in [0.25, 0.3) is 0 Å². The Morgan fingerprint density at radius 2 is 1.19 bits per heavy atom. The van der Waals surface area contributed by atoms with E-state index >= 15 is 0 Å². The quantitative estimate of drug-likeness (QED) is 0.758. The van der Waals surface area contributed by atoms with Gasteiger partial charge in [0.25, 0.3) is 0 Å². The van der Waals surface area contributed by atoms with Gasteiger partial charge < -0.3 is 9.47 Å². The lowest BCUT2D eigenvalue weighted by atomic mass is 10.0. The Morgan fingerprint density at radius 1 is 0.810 bits per heavy atom. The van der Waals surface area contributed by atoms with Crippen LogP contribution in [0.2, 0.25) is 0 Å². The Labute approximate surface area is 131 Å². The zero-order chi connectivity index (χ0) is 15.6. The number of ether oxygens (including phenoxy) is 2. The molecule has 21 heavy (non-hydrogen) atoms. The van der Waals surface area contributed by atoms with Gasteiger partial charge in [0.05, 0.1) is 14.2 Å². The number of benzene rings is 2. The zero-order valence-electron chi connectivity index (χ0n) is 11.3. The van der Waals surface area contributed by atoms with Crippen molar-refractivity contribution in [3.8, 4) is 11.5 Å². The molecule has 0 saturated carbocycles. The van der Waals surface area contributed by atoms with E-state index in [1.54, 1.807) is 0 Å². The number of methoxy groups -OCH3 is 2. The summed E-state index contributed by atoms with van der Waals surface area (Å²) >= 11 is 12.5. The average molecular weight is 333 g/mol. The molecule has 0 aliphatic heterocycles. The lowest BCUT2D eigenvalue weighted by Gasteiger charge is -2.21. The Morgan fingerprint density at radius 3 is 1.48 bits per heavy atom. The third-order valence-electron chi connectivity index (χ3n) is 3.03. The summed E-state index contributed by atoms with van der Waals surface area (Å²) in [6.45, 7) is 0. The van der Waals surface area contributed by atoms with Crippen LogP contribution in [0.3, 0.4) is 0 Å². The Kier molecular flexibility index (Phi) is 4.59. The van der Waals surface area contributed by atoms with Crippen molar-refractivity contribution in [1.29, 1.82) is 0 Å². The highest BCUT2D eigenvalue weighted by atomic mass is 35.5. The maximum atomic E-state index is 13.8. The van der Waals surface area contributed by atoms with E-state index in [9.17, 15) is 8.78 Å². The van der Waals surface area contributed by atoms with Gasteiger partial charge in [-0.25, -0.2) is 8.78 Å². The van der Waals surface area contributed by atoms with E-state index in [2.05, 4.69) is 0 Å². The fourth-order valence-corrected chi connectivity index (χ4v) is 2.36. The summed E-state index contributed by atoms with van der Waals surface area (Å²) in [5.41, 5.74) is 0.544. The second-order valence-corrected chi connectivity index (χ2v) is 5.60. The maximum absolute atomic E-state index is 13.8. The SMILES string of the molecule is COc1ccc(C(Cl)(Cl)c2ccc(OC)c(F)c2)cc1F. The van der Waals surface area contributed by atoms with Crippen LogP contribution in [0.5, 0.6) is 11.5 Å². The summed E-state index contributed by atoms with van der Waals surface area (Å²) in [6.07, 6.45) is 0. The lowest BCUT2D eigenvalue weighted by Crippen LogP contribution is -2.13. The molecule has 0 aliphatic rings. The van der Waals surface area contributed by atoms with Crippen LogP contribution in [0, 0.1) is 11.6 Å². The lowest BCUT2D eigenvalue weighted by molar-refractivity contribution is 0.385. The minimum atomic E-state index is -1.60. The number of hydrogen-bond acceptors (Lipinski definition) is 2. The number of rotatable bonds is 4. The third-order valence-corrected chi connectivity index (χ3v) is 3.90. The van der Waals surface area contributed by atoms with Gasteiger partial charge in [0.1, 0.15) is 0 Å². The predicted octanol–water partition coefficient (Wildman–Crippen LogP) is 4.66. The molecule has 0 saturated heterocycles. The van der Waals surface area contributed by atoms with Gasteiger partial charge in [-0.15, -0.1) is 0 Å². The molecule has 0 fully saturated rings. The Hall–Kier alpha value is -1.52. The molecule has 2 nitrogen and oxygen atoms in total. The van der Waals surface area contributed by atoms with Crippen molar-refractivity contribution in [2.45, 2.75) is 4.33 Å². The second-order valence-electron chi connectivity index (χ2n) is 4.27. The first kappa shape index (κ1) is 15.9. The summed E-state index contributed by atoms with van der Waals surface area (Å²) in [5, 5.41) is 0. The molecule has 2 rings (SSSR count). The average Bonchev–Trinajstić information content (AvgIpc) is 2.47. The van der Waals surface area contributed by atoms with Crippen LogP contribution in [0.1, 0.15) is 11.1 Å². The van der Waals surface area contributed by atoms with E-state index in [0.29, 0.717) is 0 Å². The van der Waals surface area contributed by atoms with Gasteiger partial charge in [-0.05, 0) is 35.4 Å². The minimum Gasteiger partial charge on any atom is -0.494 e. The van der Waals surface area contributed by atoms with Crippen LogP contribution in [-0.4, -0.2) is 14.2 Å². The van der Waals surface area contributed by atoms with Crippen LogP contribution in [0.4, 0.5) is 8.78 Å². The molecule has 0 unspecified atom stereocenters. The first-order chi connectivity index (χ1) is 9.90. The molecule has 0 heterocycles. The van der Waals surface area contributed by atoms with Gasteiger partial charge in [0, 0.05) is 0 Å². The topological polar surface area (TPSA) is 18.5 Å². The van der Waals surface area contributed by atoms with Crippen molar-refractivity contribution in [1.82, 2.24) is 0 Å². The number of alkyl halides is 2. The molecule has 0 atom stereocenters. The summed E-state index contributed by atoms with van der Waals surface area (Å²) < 4.78 is 35.6. The molecule has 2 aromatic rings. The number of halogens is 4. The van der Waals surface area contributed by atoms with Gasteiger partial charge in [-0.2, -0.15) is 0 Å². The molecule has 0 bridgehead atoms. The highest BCUT2D eigenvalue weighted by molar-refractivity contribution is 6.50. The molecular formula is C15H12Cl2F2O2. The monoisotopic (exact) mass is 332 g/mol. The van der Waals surface area contributed by atoms with E-state index in [4.69, 9.17) is 32.7 Å². The van der Waals surface area contributed by atoms with Gasteiger partial charge in [0.15, 0.2) is 27.5 Å². The smallest absolute Gasteiger partial charge is 0.168 e. The van der Waals surface area contributed by atoms with Crippen LogP contribution in [-0.2, 0) is 4.33 Å². The van der Waals surface area contributed by atoms with Crippen LogP contribution >= 0.6 is 23.2 Å². The maximum Gasteiger partial charge on any atom is 0.168 e. The van der Waals surface area contributed by atoms with Gasteiger partial charge in [-0.3, -0.25) is 0 Å². The fraction of sp³-hybridized carbons (Fsp3) is 0.200. The highest BCUT2D eigenvalue weighted by Crippen LogP contribution is 2.42. The van der Waals surface area contributed by atoms with Crippen LogP contribution < -0.4 is 9.47 Å². The second kappa shape index (κ2) is 6.08. The molecule has 0 aromatic heterocycles. The van der Waals surface area contributed by atoms with E-state index in [-0.39, 0.29) is 22.6 Å². The first-order valence-electron chi connectivity index (χ1n) is 5.96. The predicted molar refractivity (Wildman–Crippen MR) is 78.4 cm³/mol. The first-order valence-corrected chi connectivity index (χ1v) is 6.71. The fourth-order valence-electron chi connectivity index (χ4n) is 1.89. The van der Waals surface area contributed by atoms with Gasteiger partial charge in [0.2, 0.25) is 0 Å². The third kappa shape index (κ3) is 3.06. The van der Waals surface area contributed by atoms with Crippen molar-refractivity contribution < 1.29 is 18.3 Å².